The zero-order valence-corrected chi connectivity index (χ0v) is 18.4. The summed E-state index contributed by atoms with van der Waals surface area (Å²) in [4.78, 5) is 27.1. The van der Waals surface area contributed by atoms with Crippen LogP contribution in [0.2, 0.25) is 0 Å². The molecule has 9 heteroatoms. The van der Waals surface area contributed by atoms with Gasteiger partial charge in [0, 0.05) is 25.0 Å². The number of nitrogens with zero attached hydrogens (tertiary/aromatic N) is 1. The predicted octanol–water partition coefficient (Wildman–Crippen LogP) is 1.27. The fraction of sp³-hybridized carbons (Fsp3) is 0.565. The van der Waals surface area contributed by atoms with Gasteiger partial charge in [-0.05, 0) is 48.6 Å². The van der Waals surface area contributed by atoms with Crippen LogP contribution in [0, 0.1) is 0 Å². The van der Waals surface area contributed by atoms with Crippen LogP contribution >= 0.6 is 0 Å². The smallest absolute Gasteiger partial charge is 0.339 e. The quantitative estimate of drug-likeness (QED) is 0.671. The second kappa shape index (κ2) is 7.67. The average Bonchev–Trinajstić information content (AvgIpc) is 3.42. The summed E-state index contributed by atoms with van der Waals surface area (Å²) in [6.45, 7) is 3.22. The third kappa shape index (κ3) is 3.22. The minimum Gasteiger partial charge on any atom is -0.497 e. The maximum atomic E-state index is 13.0. The molecule has 3 aliphatic heterocycles. The highest BCUT2D eigenvalue weighted by atomic mass is 16.7. The van der Waals surface area contributed by atoms with Crippen molar-refractivity contribution in [1.29, 1.82) is 0 Å². The Morgan fingerprint density at radius 3 is 2.62 bits per heavy atom. The van der Waals surface area contributed by atoms with E-state index in [4.69, 9.17) is 18.9 Å². The summed E-state index contributed by atoms with van der Waals surface area (Å²) in [5.74, 6) is 0.215. The molecule has 1 aliphatic carbocycles. The number of hydrogen-bond donors (Lipinski definition) is 1. The predicted molar refractivity (Wildman–Crippen MR) is 110 cm³/mol. The van der Waals surface area contributed by atoms with Crippen molar-refractivity contribution in [3.63, 3.8) is 0 Å². The number of carbonyl (C=O) groups is 2. The second-order valence-electron chi connectivity index (χ2n) is 8.86. The van der Waals surface area contributed by atoms with E-state index in [0.29, 0.717) is 11.5 Å². The van der Waals surface area contributed by atoms with Crippen LogP contribution in [0.15, 0.2) is 23.5 Å². The number of hydrogen-bond acceptors (Lipinski definition) is 9. The van der Waals surface area contributed by atoms with Crippen molar-refractivity contribution in [2.24, 2.45) is 0 Å². The van der Waals surface area contributed by atoms with Crippen LogP contribution in [0.3, 0.4) is 0 Å². The summed E-state index contributed by atoms with van der Waals surface area (Å²) in [6.07, 6.45) is 0.451. The molecule has 0 saturated carbocycles. The molecule has 4 atom stereocenters. The van der Waals surface area contributed by atoms with Crippen LogP contribution in [0.25, 0.3) is 0 Å². The van der Waals surface area contributed by atoms with Gasteiger partial charge in [0.15, 0.2) is 23.2 Å². The summed E-state index contributed by atoms with van der Waals surface area (Å²) in [5, 5.41) is 10.6. The summed E-state index contributed by atoms with van der Waals surface area (Å²) in [6, 6.07) is 4.03. The van der Waals surface area contributed by atoms with Crippen LogP contribution < -0.4 is 9.47 Å². The van der Waals surface area contributed by atoms with E-state index < -0.39 is 30.1 Å². The van der Waals surface area contributed by atoms with Crippen molar-refractivity contribution in [3.8, 4) is 11.5 Å². The van der Waals surface area contributed by atoms with Gasteiger partial charge in [-0.2, -0.15) is 0 Å². The summed E-state index contributed by atoms with van der Waals surface area (Å²) >= 11 is 0. The topological polar surface area (TPSA) is 104 Å². The van der Waals surface area contributed by atoms with Gasteiger partial charge in [-0.15, -0.1) is 0 Å². The molecule has 32 heavy (non-hydrogen) atoms. The van der Waals surface area contributed by atoms with E-state index in [0.717, 1.165) is 48.4 Å². The lowest BCUT2D eigenvalue weighted by Crippen LogP contribution is -2.43. The Hall–Kier alpha value is -2.78. The molecule has 0 aromatic heterocycles. The van der Waals surface area contributed by atoms with Gasteiger partial charge in [-0.3, -0.25) is 9.69 Å². The first-order valence-electron chi connectivity index (χ1n) is 10.8. The molecule has 2 unspecified atom stereocenters. The Morgan fingerprint density at radius 1 is 1.19 bits per heavy atom. The largest absolute Gasteiger partial charge is 0.497 e. The van der Waals surface area contributed by atoms with Gasteiger partial charge in [-0.1, -0.05) is 0 Å². The maximum Gasteiger partial charge on any atom is 0.339 e. The number of rotatable bonds is 5. The van der Waals surface area contributed by atoms with E-state index >= 15 is 0 Å². The number of carbonyl (C=O) groups excluding carboxylic acids is 2. The molecule has 5 rings (SSSR count). The molecular formula is C23H27NO8. The van der Waals surface area contributed by atoms with Gasteiger partial charge in [0.1, 0.15) is 5.76 Å². The van der Waals surface area contributed by atoms with Gasteiger partial charge in [-0.25, -0.2) is 4.79 Å². The highest BCUT2D eigenvalue weighted by molar-refractivity contribution is 5.85. The standard InChI is InChI=1S/C23H27NO8/c1-23(27,10-17(25)28-2)22(26)32-21-18-14-9-16-15(30-11-31-16)8-12(14)4-6-24-7-5-13(19(18)24)20(21)29-3/h8-9,18-19,21,27H,4-7,10-11H2,1-3H3/t18-,19?,21?,23+/m0/s1. The van der Waals surface area contributed by atoms with Crippen molar-refractivity contribution >= 4 is 11.9 Å². The lowest BCUT2D eigenvalue weighted by atomic mass is 9.86. The van der Waals surface area contributed by atoms with E-state index in [-0.39, 0.29) is 18.8 Å². The van der Waals surface area contributed by atoms with Crippen LogP contribution in [0.5, 0.6) is 11.5 Å². The number of fused-ring (bicyclic) bond motifs is 3. The van der Waals surface area contributed by atoms with Gasteiger partial charge >= 0.3 is 11.9 Å². The molecule has 0 spiro atoms. The number of aliphatic hydroxyl groups is 1. The lowest BCUT2D eigenvalue weighted by Gasteiger charge is -2.31. The van der Waals surface area contributed by atoms with Crippen molar-refractivity contribution in [3.05, 3.63) is 34.6 Å². The van der Waals surface area contributed by atoms with Gasteiger partial charge in [0.05, 0.1) is 20.6 Å². The Labute approximate surface area is 185 Å². The Morgan fingerprint density at radius 2 is 1.91 bits per heavy atom. The molecule has 4 aliphatic rings. The van der Waals surface area contributed by atoms with E-state index in [1.165, 1.54) is 14.0 Å². The molecule has 1 aromatic carbocycles. The molecule has 1 aromatic rings. The molecule has 1 N–H and O–H groups in total. The third-order valence-electron chi connectivity index (χ3n) is 6.93. The summed E-state index contributed by atoms with van der Waals surface area (Å²) in [5.41, 5.74) is 1.25. The molecule has 9 nitrogen and oxygen atoms in total. The van der Waals surface area contributed by atoms with Crippen LogP contribution in [0.4, 0.5) is 0 Å². The SMILES string of the molecule is COC(=O)C[C@@](C)(O)C(=O)OC1C(OC)=C2CCN3CCc4cc5c(cc4[C@H]1C23)OCO5. The highest BCUT2D eigenvalue weighted by Crippen LogP contribution is 2.52. The van der Waals surface area contributed by atoms with E-state index in [2.05, 4.69) is 9.64 Å². The summed E-state index contributed by atoms with van der Waals surface area (Å²) in [7, 11) is 2.78. The van der Waals surface area contributed by atoms with Gasteiger partial charge in [0.2, 0.25) is 6.79 Å². The average molecular weight is 445 g/mol. The van der Waals surface area contributed by atoms with Gasteiger partial charge in [0.25, 0.3) is 0 Å². The molecule has 3 heterocycles. The van der Waals surface area contributed by atoms with Crippen molar-refractivity contribution in [2.75, 3.05) is 34.1 Å². The Bertz CT molecular complexity index is 1000. The first kappa shape index (κ1) is 21.1. The minimum atomic E-state index is -2.02. The normalized spacial score (nSPS) is 27.3. The third-order valence-corrected chi connectivity index (χ3v) is 6.93. The van der Waals surface area contributed by atoms with Crippen molar-refractivity contribution < 1.29 is 38.4 Å². The number of methoxy groups -OCH3 is 2. The monoisotopic (exact) mass is 445 g/mol. The molecule has 0 radical (unpaired) electrons. The summed E-state index contributed by atoms with van der Waals surface area (Å²) < 4.78 is 27.5. The second-order valence-corrected chi connectivity index (χ2v) is 8.86. The van der Waals surface area contributed by atoms with E-state index in [1.54, 1.807) is 7.11 Å². The zero-order valence-electron chi connectivity index (χ0n) is 18.4. The molecular weight excluding hydrogens is 418 g/mol. The molecule has 1 fully saturated rings. The molecule has 0 amide bonds. The fourth-order valence-electron chi connectivity index (χ4n) is 5.41. The van der Waals surface area contributed by atoms with Crippen molar-refractivity contribution in [2.45, 2.75) is 49.9 Å². The molecule has 1 saturated heterocycles. The zero-order chi connectivity index (χ0) is 22.6. The van der Waals surface area contributed by atoms with Crippen LogP contribution in [-0.2, 0) is 30.2 Å². The van der Waals surface area contributed by atoms with E-state index in [9.17, 15) is 14.7 Å². The number of ether oxygens (including phenoxy) is 5. The first-order chi connectivity index (χ1) is 15.3. The van der Waals surface area contributed by atoms with Gasteiger partial charge < -0.3 is 28.8 Å². The lowest BCUT2D eigenvalue weighted by molar-refractivity contribution is -0.175. The number of benzene rings is 1. The Balaban J connectivity index is 1.53. The van der Waals surface area contributed by atoms with Crippen LogP contribution in [-0.4, -0.2) is 73.8 Å². The first-order valence-corrected chi connectivity index (χ1v) is 10.8. The van der Waals surface area contributed by atoms with Crippen molar-refractivity contribution in [1.82, 2.24) is 4.90 Å². The molecule has 0 bridgehead atoms. The van der Waals surface area contributed by atoms with E-state index in [1.807, 2.05) is 12.1 Å². The minimum absolute atomic E-state index is 0.0370. The van der Waals surface area contributed by atoms with Crippen LogP contribution in [0.1, 0.15) is 36.8 Å². The Kier molecular flexibility index (Phi) is 5.05. The molecule has 172 valence electrons. The maximum absolute atomic E-state index is 13.0. The highest BCUT2D eigenvalue weighted by Gasteiger charge is 2.54. The number of esters is 2. The fourth-order valence-corrected chi connectivity index (χ4v) is 5.41.